The van der Waals surface area contributed by atoms with Crippen molar-refractivity contribution in [1.82, 2.24) is 9.88 Å². The van der Waals surface area contributed by atoms with Gasteiger partial charge in [0.15, 0.2) is 11.2 Å². The Balaban J connectivity index is 1.76. The average molecular weight is 401 g/mol. The van der Waals surface area contributed by atoms with Crippen LogP contribution in [-0.4, -0.2) is 52.6 Å². The summed E-state index contributed by atoms with van der Waals surface area (Å²) in [6.45, 7) is 0.226. The van der Waals surface area contributed by atoms with Crippen molar-refractivity contribution in [2.24, 2.45) is 5.73 Å². The third kappa shape index (κ3) is 3.00. The molecule has 0 bridgehead atoms. The summed E-state index contributed by atoms with van der Waals surface area (Å²) < 4.78 is 20.0. The monoisotopic (exact) mass is 401 g/mol. The lowest BCUT2D eigenvalue weighted by molar-refractivity contribution is -0.137. The standard InChI is InChI=1S/C19H16FN3O4S/c1-23-7-6-19(26,18(23)25)5-4-10-2-3-13-11(8-10)14-15(12(20)9-27-13)28-17(22-14)16(21)24/h2-3,8,12,26H,6-7,9H2,1H3,(H2,21,24)/t12?,19-/m0/s1. The number of nitrogens with zero attached hydrogens (tertiary/aromatic N) is 2. The molecule has 2 atom stereocenters. The predicted molar refractivity (Wildman–Crippen MR) is 99.5 cm³/mol. The first-order valence-electron chi connectivity index (χ1n) is 8.51. The fourth-order valence-corrected chi connectivity index (χ4v) is 4.04. The molecule has 4 rings (SSSR count). The molecule has 1 aromatic heterocycles. The second-order valence-electron chi connectivity index (χ2n) is 6.67. The SMILES string of the molecule is CN1CC[C@@](O)(C#Cc2ccc3c(c2)-c2nc(C(N)=O)sc2C(F)CO3)C1=O. The van der Waals surface area contributed by atoms with E-state index in [1.54, 1.807) is 25.2 Å². The van der Waals surface area contributed by atoms with E-state index < -0.39 is 23.6 Å². The van der Waals surface area contributed by atoms with Crippen molar-refractivity contribution in [2.75, 3.05) is 20.2 Å². The van der Waals surface area contributed by atoms with E-state index in [1.165, 1.54) is 4.90 Å². The highest BCUT2D eigenvalue weighted by atomic mass is 32.1. The number of alkyl halides is 1. The molecule has 0 aliphatic carbocycles. The van der Waals surface area contributed by atoms with Gasteiger partial charge in [-0.3, -0.25) is 9.59 Å². The molecule has 3 N–H and O–H groups in total. The summed E-state index contributed by atoms with van der Waals surface area (Å²) in [7, 11) is 1.61. The maximum absolute atomic E-state index is 14.5. The number of fused-ring (bicyclic) bond motifs is 3. The number of hydrogen-bond acceptors (Lipinski definition) is 6. The van der Waals surface area contributed by atoms with Crippen LogP contribution in [0.5, 0.6) is 5.75 Å². The number of aliphatic hydroxyl groups is 1. The van der Waals surface area contributed by atoms with Crippen molar-refractivity contribution in [3.63, 3.8) is 0 Å². The summed E-state index contributed by atoms with van der Waals surface area (Å²) in [6.07, 6.45) is -1.21. The van der Waals surface area contributed by atoms with Crippen molar-refractivity contribution < 1.29 is 23.8 Å². The van der Waals surface area contributed by atoms with Gasteiger partial charge >= 0.3 is 0 Å². The van der Waals surface area contributed by atoms with Crippen molar-refractivity contribution in [2.45, 2.75) is 18.2 Å². The van der Waals surface area contributed by atoms with Crippen LogP contribution in [0.4, 0.5) is 4.39 Å². The Labute approximate surface area is 163 Å². The molecular formula is C19H16FN3O4S. The van der Waals surface area contributed by atoms with E-state index in [2.05, 4.69) is 16.8 Å². The number of likely N-dealkylation sites (N-methyl/N-ethyl adjacent to an activating group) is 1. The molecular weight excluding hydrogens is 385 g/mol. The molecule has 0 spiro atoms. The first-order valence-corrected chi connectivity index (χ1v) is 9.33. The normalized spacial score (nSPS) is 23.2. The van der Waals surface area contributed by atoms with E-state index in [0.717, 1.165) is 11.3 Å². The van der Waals surface area contributed by atoms with E-state index in [4.69, 9.17) is 10.5 Å². The van der Waals surface area contributed by atoms with Gasteiger partial charge in [-0.2, -0.15) is 0 Å². The fourth-order valence-electron chi connectivity index (χ4n) is 3.15. The van der Waals surface area contributed by atoms with E-state index in [1.807, 2.05) is 0 Å². The molecule has 2 aliphatic rings. The number of likely N-dealkylation sites (tertiary alicyclic amines) is 1. The molecule has 144 valence electrons. The van der Waals surface area contributed by atoms with Gasteiger partial charge < -0.3 is 20.5 Å². The van der Waals surface area contributed by atoms with Gasteiger partial charge in [-0.15, -0.1) is 11.3 Å². The van der Waals surface area contributed by atoms with Gasteiger partial charge in [-0.05, 0) is 18.2 Å². The van der Waals surface area contributed by atoms with Crippen LogP contribution in [0.1, 0.15) is 32.8 Å². The number of nitrogens with two attached hydrogens (primary N) is 1. The number of hydrogen-bond donors (Lipinski definition) is 2. The number of carbonyl (C=O) groups is 2. The van der Waals surface area contributed by atoms with Gasteiger partial charge in [0.25, 0.3) is 11.8 Å². The third-order valence-electron chi connectivity index (χ3n) is 4.69. The van der Waals surface area contributed by atoms with E-state index in [0.29, 0.717) is 23.4 Å². The highest BCUT2D eigenvalue weighted by Gasteiger charge is 2.42. The number of primary amides is 1. The fraction of sp³-hybridized carbons (Fsp3) is 0.316. The number of benzene rings is 1. The summed E-state index contributed by atoms with van der Waals surface area (Å²) in [4.78, 5) is 29.4. The van der Waals surface area contributed by atoms with Gasteiger partial charge in [-0.25, -0.2) is 9.37 Å². The van der Waals surface area contributed by atoms with E-state index in [9.17, 15) is 19.1 Å². The minimum absolute atomic E-state index is 0.0193. The smallest absolute Gasteiger partial charge is 0.277 e. The number of rotatable bonds is 1. The number of aromatic nitrogens is 1. The lowest BCUT2D eigenvalue weighted by Crippen LogP contribution is -2.37. The van der Waals surface area contributed by atoms with Crippen molar-refractivity contribution >= 4 is 23.2 Å². The molecule has 1 saturated heterocycles. The Morgan fingerprint density at radius 3 is 3.00 bits per heavy atom. The zero-order chi connectivity index (χ0) is 20.1. The minimum Gasteiger partial charge on any atom is -0.489 e. The number of carbonyl (C=O) groups excluding carboxylic acids is 2. The molecule has 2 aromatic rings. The van der Waals surface area contributed by atoms with Crippen LogP contribution in [0, 0.1) is 11.8 Å². The van der Waals surface area contributed by atoms with Crippen LogP contribution in [0.25, 0.3) is 11.3 Å². The first-order chi connectivity index (χ1) is 13.3. The predicted octanol–water partition coefficient (Wildman–Crippen LogP) is 1.26. The molecule has 3 heterocycles. The van der Waals surface area contributed by atoms with E-state index in [-0.39, 0.29) is 28.6 Å². The van der Waals surface area contributed by atoms with Gasteiger partial charge in [-0.1, -0.05) is 11.8 Å². The number of amides is 2. The van der Waals surface area contributed by atoms with Crippen LogP contribution in [0.2, 0.25) is 0 Å². The largest absolute Gasteiger partial charge is 0.489 e. The zero-order valence-corrected chi connectivity index (χ0v) is 15.7. The second-order valence-corrected chi connectivity index (χ2v) is 7.70. The van der Waals surface area contributed by atoms with Crippen molar-refractivity contribution in [3.8, 4) is 28.8 Å². The topological polar surface area (TPSA) is 106 Å². The summed E-state index contributed by atoms with van der Waals surface area (Å²) in [5, 5.41) is 10.5. The van der Waals surface area contributed by atoms with Crippen LogP contribution < -0.4 is 10.5 Å². The van der Waals surface area contributed by atoms with Gasteiger partial charge in [0.1, 0.15) is 12.4 Å². The highest BCUT2D eigenvalue weighted by Crippen LogP contribution is 2.42. The Bertz CT molecular complexity index is 1060. The summed E-state index contributed by atoms with van der Waals surface area (Å²) in [5.41, 5.74) is 4.83. The van der Waals surface area contributed by atoms with Gasteiger partial charge in [0, 0.05) is 31.1 Å². The Hall–Kier alpha value is -2.96. The molecule has 0 saturated carbocycles. The molecule has 28 heavy (non-hydrogen) atoms. The summed E-state index contributed by atoms with van der Waals surface area (Å²) in [5.74, 6) is 4.69. The number of ether oxygens (including phenoxy) is 1. The lowest BCUT2D eigenvalue weighted by atomic mass is 10.0. The summed E-state index contributed by atoms with van der Waals surface area (Å²) in [6, 6.07) is 4.91. The quantitative estimate of drug-likeness (QED) is 0.700. The third-order valence-corrected chi connectivity index (χ3v) is 5.85. The molecule has 9 heteroatoms. The van der Waals surface area contributed by atoms with E-state index >= 15 is 0 Å². The van der Waals surface area contributed by atoms with Crippen LogP contribution in [0.15, 0.2) is 18.2 Å². The molecule has 1 unspecified atom stereocenters. The molecule has 7 nitrogen and oxygen atoms in total. The maximum Gasteiger partial charge on any atom is 0.277 e. The lowest BCUT2D eigenvalue weighted by Gasteiger charge is -2.13. The molecule has 2 aliphatic heterocycles. The maximum atomic E-state index is 14.5. The van der Waals surface area contributed by atoms with Gasteiger partial charge in [0.2, 0.25) is 5.60 Å². The molecule has 1 fully saturated rings. The average Bonchev–Trinajstić information content (AvgIpc) is 3.20. The molecule has 0 radical (unpaired) electrons. The zero-order valence-electron chi connectivity index (χ0n) is 14.9. The van der Waals surface area contributed by atoms with Crippen LogP contribution in [-0.2, 0) is 4.79 Å². The Kier molecular flexibility index (Phi) is 4.33. The minimum atomic E-state index is -1.72. The van der Waals surface area contributed by atoms with Crippen LogP contribution >= 0.6 is 11.3 Å². The second kappa shape index (κ2) is 6.58. The Morgan fingerprint density at radius 1 is 1.54 bits per heavy atom. The number of thiazole rings is 1. The summed E-state index contributed by atoms with van der Waals surface area (Å²) >= 11 is 0.901. The Morgan fingerprint density at radius 2 is 2.32 bits per heavy atom. The molecule has 2 amide bonds. The highest BCUT2D eigenvalue weighted by molar-refractivity contribution is 7.14. The number of halogens is 1. The van der Waals surface area contributed by atoms with Crippen molar-refractivity contribution in [1.29, 1.82) is 0 Å². The van der Waals surface area contributed by atoms with Gasteiger partial charge in [0.05, 0.1) is 10.6 Å². The first kappa shape index (κ1) is 18.4. The van der Waals surface area contributed by atoms with Crippen molar-refractivity contribution in [3.05, 3.63) is 33.6 Å². The van der Waals surface area contributed by atoms with Crippen LogP contribution in [0.3, 0.4) is 0 Å². The molecule has 1 aromatic carbocycles.